The molecule has 0 saturated heterocycles. The summed E-state index contributed by atoms with van der Waals surface area (Å²) in [5.41, 5.74) is 1.20. The van der Waals surface area contributed by atoms with Crippen molar-refractivity contribution in [2.24, 2.45) is 0 Å². The van der Waals surface area contributed by atoms with Crippen LogP contribution >= 0.6 is 11.3 Å². The highest BCUT2D eigenvalue weighted by Gasteiger charge is 2.07. The maximum absolute atomic E-state index is 5.05. The molecule has 0 bridgehead atoms. The number of hydrogen-bond acceptors (Lipinski definition) is 4. The van der Waals surface area contributed by atoms with E-state index < -0.39 is 0 Å². The molecule has 1 rings (SSSR count). The fourth-order valence-corrected chi connectivity index (χ4v) is 2.34. The smallest absolute Gasteiger partial charge is 0.119 e. The minimum atomic E-state index is 0.626. The first-order chi connectivity index (χ1) is 6.31. The molecule has 0 fully saturated rings. The van der Waals surface area contributed by atoms with Crippen LogP contribution in [0, 0.1) is 0 Å². The fourth-order valence-electron chi connectivity index (χ4n) is 1.20. The van der Waals surface area contributed by atoms with Gasteiger partial charge in [0.25, 0.3) is 0 Å². The van der Waals surface area contributed by atoms with Crippen molar-refractivity contribution in [2.75, 3.05) is 14.2 Å². The van der Waals surface area contributed by atoms with E-state index >= 15 is 0 Å². The summed E-state index contributed by atoms with van der Waals surface area (Å²) in [6.45, 7) is 3.66. The Morgan fingerprint density at radius 1 is 1.54 bits per heavy atom. The van der Waals surface area contributed by atoms with Crippen LogP contribution in [-0.4, -0.2) is 19.1 Å². The maximum atomic E-state index is 5.05. The van der Waals surface area contributed by atoms with Gasteiger partial charge in [0.05, 0.1) is 12.3 Å². The number of rotatable bonds is 5. The van der Waals surface area contributed by atoms with E-state index in [1.54, 1.807) is 18.4 Å². The highest BCUT2D eigenvalue weighted by molar-refractivity contribution is 7.11. The van der Waals surface area contributed by atoms with Gasteiger partial charge in [0.2, 0.25) is 0 Å². The summed E-state index contributed by atoms with van der Waals surface area (Å²) in [6.07, 6.45) is 0.997. The largest absolute Gasteiger partial charge is 0.378 e. The molecule has 0 aliphatic rings. The lowest BCUT2D eigenvalue weighted by molar-refractivity contribution is 0.184. The van der Waals surface area contributed by atoms with Crippen LogP contribution < -0.4 is 5.32 Å². The van der Waals surface area contributed by atoms with Gasteiger partial charge in [-0.1, -0.05) is 6.92 Å². The molecule has 1 N–H and O–H groups in total. The lowest BCUT2D eigenvalue weighted by Crippen LogP contribution is -2.05. The lowest BCUT2D eigenvalue weighted by atomic mass is 10.3. The Kier molecular flexibility index (Phi) is 4.35. The molecule has 4 heteroatoms. The Morgan fingerprint density at radius 3 is 2.85 bits per heavy atom. The van der Waals surface area contributed by atoms with Crippen molar-refractivity contribution in [3.8, 4) is 0 Å². The summed E-state index contributed by atoms with van der Waals surface area (Å²) in [4.78, 5) is 5.82. The molecule has 0 aliphatic carbocycles. The SMILES string of the molecule is CCc1nc(COC)sc1CNC. The van der Waals surface area contributed by atoms with Crippen molar-refractivity contribution in [1.29, 1.82) is 0 Å². The van der Waals surface area contributed by atoms with E-state index in [1.807, 2.05) is 7.05 Å². The van der Waals surface area contributed by atoms with Gasteiger partial charge >= 0.3 is 0 Å². The maximum Gasteiger partial charge on any atom is 0.119 e. The fraction of sp³-hybridized carbons (Fsp3) is 0.667. The topological polar surface area (TPSA) is 34.1 Å². The van der Waals surface area contributed by atoms with Crippen LogP contribution in [0.1, 0.15) is 22.5 Å². The molecular weight excluding hydrogens is 184 g/mol. The number of nitrogens with one attached hydrogen (secondary N) is 1. The number of aryl methyl sites for hydroxylation is 1. The number of ether oxygens (including phenoxy) is 1. The van der Waals surface area contributed by atoms with Gasteiger partial charge in [-0.25, -0.2) is 4.98 Å². The number of thiazole rings is 1. The standard InChI is InChI=1S/C9H16N2OS/c1-4-7-8(5-10-2)13-9(11-7)6-12-3/h10H,4-6H2,1-3H3. The molecule has 74 valence electrons. The van der Waals surface area contributed by atoms with Gasteiger partial charge in [0.1, 0.15) is 5.01 Å². The Morgan fingerprint density at radius 2 is 2.31 bits per heavy atom. The quantitative estimate of drug-likeness (QED) is 0.783. The van der Waals surface area contributed by atoms with Gasteiger partial charge in [0, 0.05) is 18.5 Å². The van der Waals surface area contributed by atoms with E-state index in [9.17, 15) is 0 Å². The Balaban J connectivity index is 2.77. The van der Waals surface area contributed by atoms with Gasteiger partial charge in [0.15, 0.2) is 0 Å². The molecule has 0 spiro atoms. The van der Waals surface area contributed by atoms with Crippen molar-refractivity contribution < 1.29 is 4.74 Å². The average Bonchev–Trinajstić information content (AvgIpc) is 2.49. The first-order valence-corrected chi connectivity index (χ1v) is 5.24. The molecule has 0 aromatic carbocycles. The molecule has 0 atom stereocenters. The monoisotopic (exact) mass is 200 g/mol. The molecule has 0 saturated carbocycles. The van der Waals surface area contributed by atoms with Gasteiger partial charge in [-0.3, -0.25) is 0 Å². The first-order valence-electron chi connectivity index (χ1n) is 4.42. The zero-order chi connectivity index (χ0) is 9.68. The van der Waals surface area contributed by atoms with Crippen LogP contribution in [-0.2, 0) is 24.3 Å². The summed E-state index contributed by atoms with van der Waals surface area (Å²) < 4.78 is 5.05. The third-order valence-corrected chi connectivity index (χ3v) is 2.83. The molecule has 1 aromatic rings. The molecule has 13 heavy (non-hydrogen) atoms. The lowest BCUT2D eigenvalue weighted by Gasteiger charge is -1.96. The second kappa shape index (κ2) is 5.32. The summed E-state index contributed by atoms with van der Waals surface area (Å²) >= 11 is 1.73. The van der Waals surface area contributed by atoms with Gasteiger partial charge in [-0.2, -0.15) is 0 Å². The summed E-state index contributed by atoms with van der Waals surface area (Å²) in [5.74, 6) is 0. The highest BCUT2D eigenvalue weighted by Crippen LogP contribution is 2.19. The van der Waals surface area contributed by atoms with E-state index in [1.165, 1.54) is 10.6 Å². The van der Waals surface area contributed by atoms with Crippen molar-refractivity contribution in [3.05, 3.63) is 15.6 Å². The molecule has 3 nitrogen and oxygen atoms in total. The normalized spacial score (nSPS) is 10.7. The van der Waals surface area contributed by atoms with Crippen LogP contribution in [0.3, 0.4) is 0 Å². The molecule has 1 aromatic heterocycles. The third kappa shape index (κ3) is 2.76. The zero-order valence-corrected chi connectivity index (χ0v) is 9.20. The first kappa shape index (κ1) is 10.6. The number of nitrogens with zero attached hydrogens (tertiary/aromatic N) is 1. The summed E-state index contributed by atoms with van der Waals surface area (Å²) in [7, 11) is 3.65. The van der Waals surface area contributed by atoms with Crippen molar-refractivity contribution >= 4 is 11.3 Å². The predicted octanol–water partition coefficient (Wildman–Crippen LogP) is 1.57. The van der Waals surface area contributed by atoms with Crippen LogP contribution in [0.2, 0.25) is 0 Å². The summed E-state index contributed by atoms with van der Waals surface area (Å²) in [5, 5.41) is 4.22. The molecule has 0 aliphatic heterocycles. The van der Waals surface area contributed by atoms with Crippen molar-refractivity contribution in [2.45, 2.75) is 26.5 Å². The van der Waals surface area contributed by atoms with E-state index in [2.05, 4.69) is 17.2 Å². The Bertz CT molecular complexity index is 260. The van der Waals surface area contributed by atoms with Crippen LogP contribution in [0.25, 0.3) is 0 Å². The van der Waals surface area contributed by atoms with Crippen molar-refractivity contribution in [1.82, 2.24) is 10.3 Å². The minimum absolute atomic E-state index is 0.626. The van der Waals surface area contributed by atoms with E-state index in [0.29, 0.717) is 6.61 Å². The molecule has 0 radical (unpaired) electrons. The third-order valence-electron chi connectivity index (χ3n) is 1.76. The molecular formula is C9H16N2OS. The Hall–Kier alpha value is -0.450. The molecule has 0 amide bonds. The van der Waals surface area contributed by atoms with Crippen molar-refractivity contribution in [3.63, 3.8) is 0 Å². The minimum Gasteiger partial charge on any atom is -0.378 e. The highest BCUT2D eigenvalue weighted by atomic mass is 32.1. The second-order valence-corrected chi connectivity index (χ2v) is 3.96. The zero-order valence-electron chi connectivity index (χ0n) is 8.39. The van der Waals surface area contributed by atoms with Crippen LogP contribution in [0.4, 0.5) is 0 Å². The van der Waals surface area contributed by atoms with E-state index in [-0.39, 0.29) is 0 Å². The summed E-state index contributed by atoms with van der Waals surface area (Å²) in [6, 6.07) is 0. The Labute approximate surface area is 83.1 Å². The number of hydrogen-bond donors (Lipinski definition) is 1. The van der Waals surface area contributed by atoms with Crippen LogP contribution in [0.15, 0.2) is 0 Å². The molecule has 1 heterocycles. The second-order valence-electron chi connectivity index (χ2n) is 2.79. The predicted molar refractivity (Wildman–Crippen MR) is 55.0 cm³/mol. The van der Waals surface area contributed by atoms with Gasteiger partial charge in [-0.15, -0.1) is 11.3 Å². The van der Waals surface area contributed by atoms with E-state index in [0.717, 1.165) is 18.0 Å². The molecule has 0 unspecified atom stereocenters. The number of aromatic nitrogens is 1. The van der Waals surface area contributed by atoms with Crippen LogP contribution in [0.5, 0.6) is 0 Å². The average molecular weight is 200 g/mol. The van der Waals surface area contributed by atoms with Gasteiger partial charge < -0.3 is 10.1 Å². The van der Waals surface area contributed by atoms with E-state index in [4.69, 9.17) is 4.74 Å². The van der Waals surface area contributed by atoms with Gasteiger partial charge in [-0.05, 0) is 13.5 Å². The number of methoxy groups -OCH3 is 1.